The van der Waals surface area contributed by atoms with Crippen LogP contribution in [0.5, 0.6) is 11.5 Å². The minimum Gasteiger partial charge on any atom is -0.457 e. The van der Waals surface area contributed by atoms with Gasteiger partial charge < -0.3 is 20.3 Å². The standard InChI is InChI=1S/C25H29N5O3S/c1-30-12-4-5-16(15-30)27-24(32)21-13-18(10-11-26-21)33-17-8-9-20-23(14-17)34-25(29-20)28-19-6-2-3-7-22(19)31/h8-11,13-14,16,19H,2-7,12,15H2,1H3,(H,27,32)(H,28,29)/t16?,19-/m1/s1. The van der Waals surface area contributed by atoms with Crippen LogP contribution in [0.25, 0.3) is 10.2 Å². The lowest BCUT2D eigenvalue weighted by Gasteiger charge is -2.30. The van der Waals surface area contributed by atoms with Gasteiger partial charge in [0.1, 0.15) is 17.2 Å². The maximum absolute atomic E-state index is 12.7. The third-order valence-electron chi connectivity index (χ3n) is 6.37. The Morgan fingerprint density at radius 3 is 2.88 bits per heavy atom. The smallest absolute Gasteiger partial charge is 0.270 e. The third-order valence-corrected chi connectivity index (χ3v) is 7.32. The van der Waals surface area contributed by atoms with Gasteiger partial charge in [0.15, 0.2) is 10.9 Å². The predicted molar refractivity (Wildman–Crippen MR) is 133 cm³/mol. The van der Waals surface area contributed by atoms with E-state index in [-0.39, 0.29) is 23.8 Å². The molecule has 2 aliphatic rings. The lowest BCUT2D eigenvalue weighted by molar-refractivity contribution is -0.121. The Hall–Kier alpha value is -3.04. The number of ether oxygens (including phenoxy) is 1. The molecule has 0 spiro atoms. The average molecular weight is 480 g/mol. The summed E-state index contributed by atoms with van der Waals surface area (Å²) in [7, 11) is 2.07. The first kappa shape index (κ1) is 22.7. The Labute approximate surface area is 202 Å². The molecule has 1 amide bonds. The average Bonchev–Trinajstić information content (AvgIpc) is 3.22. The van der Waals surface area contributed by atoms with Gasteiger partial charge in [-0.15, -0.1) is 0 Å². The number of hydrogen-bond donors (Lipinski definition) is 2. The van der Waals surface area contributed by atoms with Gasteiger partial charge in [0.2, 0.25) is 0 Å². The molecule has 34 heavy (non-hydrogen) atoms. The van der Waals surface area contributed by atoms with Crippen molar-refractivity contribution in [2.24, 2.45) is 0 Å². The first-order valence-corrected chi connectivity index (χ1v) is 12.7. The number of ketones is 1. The van der Waals surface area contributed by atoms with E-state index < -0.39 is 0 Å². The van der Waals surface area contributed by atoms with E-state index in [0.29, 0.717) is 23.6 Å². The molecule has 3 aromatic rings. The summed E-state index contributed by atoms with van der Waals surface area (Å²) in [6, 6.07) is 9.10. The molecule has 178 valence electrons. The van der Waals surface area contributed by atoms with Crippen molar-refractivity contribution in [3.63, 3.8) is 0 Å². The van der Waals surface area contributed by atoms with Crippen LogP contribution in [0.1, 0.15) is 49.0 Å². The second-order valence-corrected chi connectivity index (χ2v) is 10.1. The highest BCUT2D eigenvalue weighted by Gasteiger charge is 2.23. The number of likely N-dealkylation sites (N-methyl/N-ethyl adjacent to an activating group) is 1. The number of carbonyl (C=O) groups excluding carboxylic acids is 2. The Balaban J connectivity index is 1.25. The molecule has 8 nitrogen and oxygen atoms in total. The number of fused-ring (bicyclic) bond motifs is 1. The molecule has 2 N–H and O–H groups in total. The summed E-state index contributed by atoms with van der Waals surface area (Å²) in [6.45, 7) is 1.91. The van der Waals surface area contributed by atoms with Gasteiger partial charge in [-0.3, -0.25) is 14.6 Å². The molecule has 2 fully saturated rings. The largest absolute Gasteiger partial charge is 0.457 e. The van der Waals surface area contributed by atoms with Crippen LogP contribution in [0.2, 0.25) is 0 Å². The first-order valence-electron chi connectivity index (χ1n) is 11.9. The van der Waals surface area contributed by atoms with E-state index in [9.17, 15) is 9.59 Å². The molecule has 5 rings (SSSR count). The topological polar surface area (TPSA) is 96.5 Å². The van der Waals surface area contributed by atoms with Crippen molar-refractivity contribution in [1.29, 1.82) is 0 Å². The number of anilines is 1. The molecule has 0 bridgehead atoms. The van der Waals surface area contributed by atoms with Crippen molar-refractivity contribution in [3.05, 3.63) is 42.2 Å². The van der Waals surface area contributed by atoms with E-state index in [1.807, 2.05) is 18.2 Å². The molecule has 2 atom stereocenters. The number of aromatic nitrogens is 2. The summed E-state index contributed by atoms with van der Waals surface area (Å²) in [5.74, 6) is 1.29. The second-order valence-electron chi connectivity index (χ2n) is 9.11. The van der Waals surface area contributed by atoms with Gasteiger partial charge in [0.05, 0.1) is 16.3 Å². The van der Waals surface area contributed by atoms with Gasteiger partial charge in [-0.2, -0.15) is 0 Å². The number of Topliss-reactive ketones (excluding diaryl/α,β-unsaturated/α-hetero) is 1. The van der Waals surface area contributed by atoms with E-state index >= 15 is 0 Å². The van der Waals surface area contributed by atoms with Crippen molar-refractivity contribution >= 4 is 38.4 Å². The molecule has 2 aromatic heterocycles. The highest BCUT2D eigenvalue weighted by molar-refractivity contribution is 7.22. The number of thiazole rings is 1. The summed E-state index contributed by atoms with van der Waals surface area (Å²) < 4.78 is 7.01. The minimum absolute atomic E-state index is 0.137. The van der Waals surface area contributed by atoms with E-state index in [1.54, 1.807) is 18.3 Å². The number of nitrogens with one attached hydrogen (secondary N) is 2. The van der Waals surface area contributed by atoms with E-state index in [4.69, 9.17) is 4.74 Å². The maximum Gasteiger partial charge on any atom is 0.270 e. The fourth-order valence-corrected chi connectivity index (χ4v) is 5.54. The van der Waals surface area contributed by atoms with Crippen LogP contribution < -0.4 is 15.4 Å². The van der Waals surface area contributed by atoms with Gasteiger partial charge in [0, 0.05) is 37.3 Å². The zero-order valence-electron chi connectivity index (χ0n) is 19.3. The zero-order valence-corrected chi connectivity index (χ0v) is 20.1. The van der Waals surface area contributed by atoms with Crippen molar-refractivity contribution in [3.8, 4) is 11.5 Å². The van der Waals surface area contributed by atoms with E-state index in [2.05, 4.69) is 32.5 Å². The minimum atomic E-state index is -0.184. The lowest BCUT2D eigenvalue weighted by Crippen LogP contribution is -2.46. The number of piperidine rings is 1. The number of nitrogens with zero attached hydrogens (tertiary/aromatic N) is 3. The maximum atomic E-state index is 12.7. The second kappa shape index (κ2) is 10.1. The number of pyridine rings is 1. The molecule has 1 unspecified atom stereocenters. The third kappa shape index (κ3) is 5.37. The fourth-order valence-electron chi connectivity index (χ4n) is 4.59. The number of likely N-dealkylation sites (tertiary alicyclic amines) is 1. The summed E-state index contributed by atoms with van der Waals surface area (Å²) in [5.41, 5.74) is 1.20. The Morgan fingerprint density at radius 2 is 2.03 bits per heavy atom. The van der Waals surface area contributed by atoms with Gasteiger partial charge in [-0.25, -0.2) is 4.98 Å². The number of amides is 1. The highest BCUT2D eigenvalue weighted by Crippen LogP contribution is 2.32. The summed E-state index contributed by atoms with van der Waals surface area (Å²) in [6.07, 6.45) is 7.19. The molecular weight excluding hydrogens is 450 g/mol. The normalized spacial score (nSPS) is 21.4. The van der Waals surface area contributed by atoms with Gasteiger partial charge in [-0.05, 0) is 57.5 Å². The number of benzene rings is 1. The molecule has 1 aliphatic carbocycles. The monoisotopic (exact) mass is 479 g/mol. The van der Waals surface area contributed by atoms with Crippen LogP contribution in [0, 0.1) is 0 Å². The van der Waals surface area contributed by atoms with Crippen molar-refractivity contribution in [2.45, 2.75) is 50.6 Å². The molecule has 1 aromatic carbocycles. The van der Waals surface area contributed by atoms with Gasteiger partial charge in [0.25, 0.3) is 5.91 Å². The summed E-state index contributed by atoms with van der Waals surface area (Å²) in [4.78, 5) is 35.9. The number of carbonyl (C=O) groups is 2. The number of rotatable bonds is 6. The van der Waals surface area contributed by atoms with Crippen molar-refractivity contribution < 1.29 is 14.3 Å². The molecular formula is C25H29N5O3S. The van der Waals surface area contributed by atoms with Crippen LogP contribution in [-0.4, -0.2) is 58.8 Å². The SMILES string of the molecule is CN1CCCC(NC(=O)c2cc(Oc3ccc4nc(N[C@@H]5CCCCC5=O)sc4c3)ccn2)C1. The van der Waals surface area contributed by atoms with Crippen LogP contribution in [0.3, 0.4) is 0 Å². The molecule has 0 radical (unpaired) electrons. The summed E-state index contributed by atoms with van der Waals surface area (Å²) in [5, 5.41) is 7.14. The van der Waals surface area contributed by atoms with Crippen LogP contribution >= 0.6 is 11.3 Å². The lowest BCUT2D eigenvalue weighted by atomic mass is 9.94. The number of hydrogen-bond acceptors (Lipinski definition) is 8. The van der Waals surface area contributed by atoms with Crippen LogP contribution in [0.4, 0.5) is 5.13 Å². The summed E-state index contributed by atoms with van der Waals surface area (Å²) >= 11 is 1.51. The Morgan fingerprint density at radius 1 is 1.15 bits per heavy atom. The zero-order chi connectivity index (χ0) is 23.5. The predicted octanol–water partition coefficient (Wildman–Crippen LogP) is 4.23. The first-order chi connectivity index (χ1) is 16.5. The van der Waals surface area contributed by atoms with E-state index in [0.717, 1.165) is 60.5 Å². The van der Waals surface area contributed by atoms with Crippen molar-refractivity contribution in [2.75, 3.05) is 25.5 Å². The molecule has 3 heterocycles. The van der Waals surface area contributed by atoms with Crippen LogP contribution in [0.15, 0.2) is 36.5 Å². The molecule has 1 saturated heterocycles. The molecule has 1 saturated carbocycles. The van der Waals surface area contributed by atoms with E-state index in [1.165, 1.54) is 11.3 Å². The Kier molecular flexibility index (Phi) is 6.73. The van der Waals surface area contributed by atoms with Crippen LogP contribution in [-0.2, 0) is 4.79 Å². The highest BCUT2D eigenvalue weighted by atomic mass is 32.1. The van der Waals surface area contributed by atoms with Gasteiger partial charge >= 0.3 is 0 Å². The fraction of sp³-hybridized carbons (Fsp3) is 0.440. The Bertz CT molecular complexity index is 1200. The molecule has 1 aliphatic heterocycles. The van der Waals surface area contributed by atoms with Gasteiger partial charge in [-0.1, -0.05) is 17.8 Å². The van der Waals surface area contributed by atoms with Crippen molar-refractivity contribution in [1.82, 2.24) is 20.2 Å². The molecule has 9 heteroatoms. The quantitative estimate of drug-likeness (QED) is 0.546.